The van der Waals surface area contributed by atoms with Crippen LogP contribution in [0.2, 0.25) is 5.02 Å². The van der Waals surface area contributed by atoms with Crippen LogP contribution >= 0.6 is 11.6 Å². The highest BCUT2D eigenvalue weighted by Gasteiger charge is 2.31. The predicted octanol–water partition coefficient (Wildman–Crippen LogP) is 3.57. The number of nitro groups is 1. The summed E-state index contributed by atoms with van der Waals surface area (Å²) in [6, 6.07) is 10.9. The Morgan fingerprint density at radius 1 is 1.22 bits per heavy atom. The number of amides is 1. The minimum Gasteiger partial charge on any atom is -0.465 e. The molecule has 2 atom stereocenters. The number of non-ortho nitro benzene ring substituents is 1. The number of ether oxygens (including phenoxy) is 1. The molecule has 0 radical (unpaired) electrons. The van der Waals surface area contributed by atoms with E-state index in [2.05, 4.69) is 22.0 Å². The molecule has 2 unspecified atom stereocenters. The number of piperazine rings is 1. The Balaban J connectivity index is 1.61. The summed E-state index contributed by atoms with van der Waals surface area (Å²) in [6.45, 7) is 5.98. The van der Waals surface area contributed by atoms with Crippen LogP contribution in [0.15, 0.2) is 42.5 Å². The van der Waals surface area contributed by atoms with Crippen molar-refractivity contribution in [2.75, 3.05) is 37.0 Å². The lowest BCUT2D eigenvalue weighted by molar-refractivity contribution is -0.384. The van der Waals surface area contributed by atoms with Crippen molar-refractivity contribution in [2.24, 2.45) is 0 Å². The Kier molecular flexibility index (Phi) is 7.32. The third kappa shape index (κ3) is 5.17. The summed E-state index contributed by atoms with van der Waals surface area (Å²) in [7, 11) is 1.35. The second kappa shape index (κ2) is 9.97. The number of benzene rings is 2. The van der Waals surface area contributed by atoms with E-state index < -0.39 is 11.0 Å². The molecule has 1 heterocycles. The molecule has 1 fully saturated rings. The van der Waals surface area contributed by atoms with Crippen molar-refractivity contribution in [1.29, 1.82) is 0 Å². The highest BCUT2D eigenvalue weighted by Crippen LogP contribution is 2.27. The van der Waals surface area contributed by atoms with Crippen LogP contribution in [-0.2, 0) is 9.53 Å². The number of carbonyl (C=O) groups excluding carboxylic acids is 2. The van der Waals surface area contributed by atoms with Gasteiger partial charge in [-0.2, -0.15) is 0 Å². The summed E-state index contributed by atoms with van der Waals surface area (Å²) in [4.78, 5) is 39.1. The summed E-state index contributed by atoms with van der Waals surface area (Å²) in [5.74, 6) is -0.605. The second-order valence-electron chi connectivity index (χ2n) is 7.66. The van der Waals surface area contributed by atoms with E-state index in [1.165, 1.54) is 25.3 Å². The topological polar surface area (TPSA) is 105 Å². The average molecular weight is 461 g/mol. The van der Waals surface area contributed by atoms with Crippen LogP contribution in [0.4, 0.5) is 17.1 Å². The van der Waals surface area contributed by atoms with Crippen LogP contribution in [0, 0.1) is 10.1 Å². The SMILES string of the molecule is COC(=O)c1ccc(N2CCN(C(C)C(=O)Nc3ccc([N+](=O)[O-])cc3Cl)C(C)C2)cc1. The van der Waals surface area contributed by atoms with E-state index in [1.54, 1.807) is 12.1 Å². The van der Waals surface area contributed by atoms with Crippen molar-refractivity contribution in [3.05, 3.63) is 63.2 Å². The molecule has 1 aliphatic rings. The van der Waals surface area contributed by atoms with Gasteiger partial charge in [0.05, 0.1) is 34.3 Å². The number of nitrogens with one attached hydrogen (secondary N) is 1. The van der Waals surface area contributed by atoms with E-state index >= 15 is 0 Å². The van der Waals surface area contributed by atoms with Gasteiger partial charge < -0.3 is 15.0 Å². The van der Waals surface area contributed by atoms with Gasteiger partial charge in [-0.15, -0.1) is 0 Å². The van der Waals surface area contributed by atoms with Crippen molar-refractivity contribution in [3.63, 3.8) is 0 Å². The van der Waals surface area contributed by atoms with Gasteiger partial charge in [0, 0.05) is 43.5 Å². The van der Waals surface area contributed by atoms with Crippen LogP contribution in [0.25, 0.3) is 0 Å². The molecule has 9 nitrogen and oxygen atoms in total. The van der Waals surface area contributed by atoms with Crippen LogP contribution in [0.5, 0.6) is 0 Å². The Hall–Kier alpha value is -3.17. The van der Waals surface area contributed by atoms with E-state index in [0.29, 0.717) is 24.3 Å². The molecular weight excluding hydrogens is 436 g/mol. The number of esters is 1. The summed E-state index contributed by atoms with van der Waals surface area (Å²) >= 11 is 6.10. The van der Waals surface area contributed by atoms with Crippen LogP contribution in [0.3, 0.4) is 0 Å². The molecule has 1 aliphatic heterocycles. The molecule has 2 aromatic carbocycles. The van der Waals surface area contributed by atoms with Crippen LogP contribution in [-0.4, -0.2) is 60.5 Å². The van der Waals surface area contributed by atoms with Gasteiger partial charge in [0.15, 0.2) is 0 Å². The van der Waals surface area contributed by atoms with Gasteiger partial charge >= 0.3 is 5.97 Å². The molecule has 3 rings (SSSR count). The first-order valence-corrected chi connectivity index (χ1v) is 10.5. The van der Waals surface area contributed by atoms with Crippen molar-refractivity contribution in [2.45, 2.75) is 25.9 Å². The molecule has 0 spiro atoms. The largest absolute Gasteiger partial charge is 0.465 e. The number of methoxy groups -OCH3 is 1. The van der Waals surface area contributed by atoms with E-state index in [4.69, 9.17) is 16.3 Å². The molecule has 0 aromatic heterocycles. The second-order valence-corrected chi connectivity index (χ2v) is 8.07. The van der Waals surface area contributed by atoms with Crippen LogP contribution in [0.1, 0.15) is 24.2 Å². The van der Waals surface area contributed by atoms with E-state index in [1.807, 2.05) is 19.1 Å². The molecule has 10 heteroatoms. The maximum atomic E-state index is 12.8. The average Bonchev–Trinajstić information content (AvgIpc) is 2.79. The fraction of sp³-hybridized carbons (Fsp3) is 0.364. The van der Waals surface area contributed by atoms with Gasteiger partial charge in [-0.1, -0.05) is 11.6 Å². The zero-order valence-corrected chi connectivity index (χ0v) is 18.8. The van der Waals surface area contributed by atoms with Gasteiger partial charge in [-0.25, -0.2) is 4.79 Å². The van der Waals surface area contributed by atoms with Crippen LogP contribution < -0.4 is 10.2 Å². The summed E-state index contributed by atoms with van der Waals surface area (Å²) in [6.07, 6.45) is 0. The summed E-state index contributed by atoms with van der Waals surface area (Å²) < 4.78 is 4.73. The third-order valence-electron chi connectivity index (χ3n) is 5.63. The molecule has 170 valence electrons. The highest BCUT2D eigenvalue weighted by molar-refractivity contribution is 6.34. The number of hydrogen-bond donors (Lipinski definition) is 1. The molecule has 1 saturated heterocycles. The number of rotatable bonds is 6. The number of halogens is 1. The zero-order valence-electron chi connectivity index (χ0n) is 18.1. The van der Waals surface area contributed by atoms with Gasteiger partial charge in [0.2, 0.25) is 5.91 Å². The van der Waals surface area contributed by atoms with E-state index in [-0.39, 0.29) is 28.6 Å². The van der Waals surface area contributed by atoms with Gasteiger partial charge in [0.1, 0.15) is 0 Å². The lowest BCUT2D eigenvalue weighted by Gasteiger charge is -2.43. The number of hydrogen-bond acceptors (Lipinski definition) is 7. The normalized spacial score (nSPS) is 17.5. The third-order valence-corrected chi connectivity index (χ3v) is 5.94. The maximum absolute atomic E-state index is 12.8. The number of nitrogens with zero attached hydrogens (tertiary/aromatic N) is 3. The minimum atomic E-state index is -0.537. The molecule has 1 N–H and O–H groups in total. The van der Waals surface area contributed by atoms with E-state index in [9.17, 15) is 19.7 Å². The lowest BCUT2D eigenvalue weighted by Crippen LogP contribution is -2.57. The Morgan fingerprint density at radius 3 is 2.47 bits per heavy atom. The molecule has 0 saturated carbocycles. The Morgan fingerprint density at radius 2 is 1.91 bits per heavy atom. The van der Waals surface area contributed by atoms with Crippen molar-refractivity contribution >= 4 is 40.5 Å². The highest BCUT2D eigenvalue weighted by atomic mass is 35.5. The molecule has 0 aliphatic carbocycles. The predicted molar refractivity (Wildman–Crippen MR) is 122 cm³/mol. The summed E-state index contributed by atoms with van der Waals surface area (Å²) in [5, 5.41) is 13.7. The monoisotopic (exact) mass is 460 g/mol. The fourth-order valence-corrected chi connectivity index (χ4v) is 4.04. The molecule has 2 aromatic rings. The van der Waals surface area contributed by atoms with Crippen molar-refractivity contribution < 1.29 is 19.2 Å². The van der Waals surface area contributed by atoms with Crippen molar-refractivity contribution in [1.82, 2.24) is 4.90 Å². The van der Waals surface area contributed by atoms with Gasteiger partial charge in [-0.3, -0.25) is 19.8 Å². The Bertz CT molecular complexity index is 1010. The lowest BCUT2D eigenvalue weighted by atomic mass is 10.1. The quantitative estimate of drug-likeness (QED) is 0.399. The standard InChI is InChI=1S/C22H25ClN4O5/c1-14-13-25(17-6-4-16(5-7-17)22(29)32-3)10-11-26(14)15(2)21(28)24-20-9-8-18(27(30)31)12-19(20)23/h4-9,12,14-15H,10-11,13H2,1-3H3,(H,24,28). The number of anilines is 2. The molecule has 1 amide bonds. The first kappa shape index (κ1) is 23.5. The minimum absolute atomic E-state index is 0.0946. The zero-order chi connectivity index (χ0) is 23.4. The Labute approximate surface area is 191 Å². The molecule has 0 bridgehead atoms. The smallest absolute Gasteiger partial charge is 0.337 e. The fourth-order valence-electron chi connectivity index (χ4n) is 3.81. The number of carbonyl (C=O) groups is 2. The first-order chi connectivity index (χ1) is 15.2. The molecule has 32 heavy (non-hydrogen) atoms. The van der Waals surface area contributed by atoms with E-state index in [0.717, 1.165) is 12.2 Å². The summed E-state index contributed by atoms with van der Waals surface area (Å²) in [5.41, 5.74) is 1.70. The first-order valence-electron chi connectivity index (χ1n) is 10.1. The van der Waals surface area contributed by atoms with Gasteiger partial charge in [0.25, 0.3) is 5.69 Å². The van der Waals surface area contributed by atoms with Gasteiger partial charge in [-0.05, 0) is 44.2 Å². The number of nitro benzene ring substituents is 1. The molecular formula is C22H25ClN4O5. The van der Waals surface area contributed by atoms with Crippen molar-refractivity contribution in [3.8, 4) is 0 Å². The maximum Gasteiger partial charge on any atom is 0.337 e.